The maximum Gasteiger partial charge on any atom is 0.416 e. The number of ether oxygens (including phenoxy) is 1. The smallest absolute Gasteiger partial charge is 0.416 e. The molecular weight excluding hydrogens is 547 g/mol. The van der Waals surface area contributed by atoms with E-state index in [2.05, 4.69) is 0 Å². The van der Waals surface area contributed by atoms with Crippen molar-refractivity contribution in [1.29, 1.82) is 0 Å². The Morgan fingerprint density at radius 3 is 2.49 bits per heavy atom. The molecule has 0 spiro atoms. The van der Waals surface area contributed by atoms with Gasteiger partial charge in [0.15, 0.2) is 6.61 Å². The average molecular weight is 576 g/mol. The number of halogens is 3. The van der Waals surface area contributed by atoms with E-state index in [4.69, 9.17) is 9.84 Å². The molecule has 0 aliphatic heterocycles. The summed E-state index contributed by atoms with van der Waals surface area (Å²) in [6.07, 6.45) is -3.94. The number of thiophene rings is 1. The molecule has 0 aliphatic rings. The van der Waals surface area contributed by atoms with E-state index in [1.165, 1.54) is 22.1 Å². The monoisotopic (exact) mass is 575 g/mol. The molecule has 6 nitrogen and oxygen atoms in total. The highest BCUT2D eigenvalue weighted by Gasteiger charge is 2.33. The van der Waals surface area contributed by atoms with Gasteiger partial charge in [-0.15, -0.1) is 23.1 Å². The molecular formula is C25H28F3NO5S3. The zero-order valence-corrected chi connectivity index (χ0v) is 23.2. The number of carboxylic acids is 1. The van der Waals surface area contributed by atoms with Gasteiger partial charge in [0.25, 0.3) is 10.0 Å². The number of hydrogen-bond donors (Lipinski definition) is 1. The van der Waals surface area contributed by atoms with E-state index >= 15 is 0 Å². The average Bonchev–Trinajstić information content (AvgIpc) is 3.14. The molecule has 37 heavy (non-hydrogen) atoms. The molecule has 1 atom stereocenters. The van der Waals surface area contributed by atoms with Crippen LogP contribution in [0.2, 0.25) is 0 Å². The van der Waals surface area contributed by atoms with Gasteiger partial charge in [-0.25, -0.2) is 13.2 Å². The molecule has 0 bridgehead atoms. The fourth-order valence-corrected chi connectivity index (χ4v) is 8.56. The summed E-state index contributed by atoms with van der Waals surface area (Å²) < 4.78 is 74.1. The Morgan fingerprint density at radius 1 is 1.19 bits per heavy atom. The minimum atomic E-state index is -4.51. The third-order valence-corrected chi connectivity index (χ3v) is 10.4. The number of aryl methyl sites for hydroxylation is 2. The molecule has 1 aromatic heterocycles. The van der Waals surface area contributed by atoms with Crippen LogP contribution in [0.4, 0.5) is 13.2 Å². The lowest BCUT2D eigenvalue weighted by Gasteiger charge is -2.24. The van der Waals surface area contributed by atoms with Gasteiger partial charge in [0, 0.05) is 27.9 Å². The van der Waals surface area contributed by atoms with E-state index < -0.39 is 34.3 Å². The first-order valence-electron chi connectivity index (χ1n) is 11.5. The van der Waals surface area contributed by atoms with E-state index in [1.54, 1.807) is 26.0 Å². The molecule has 202 valence electrons. The molecule has 3 rings (SSSR count). The van der Waals surface area contributed by atoms with Gasteiger partial charge in [-0.05, 0) is 73.2 Å². The van der Waals surface area contributed by atoms with Crippen LogP contribution in [0, 0.1) is 13.8 Å². The van der Waals surface area contributed by atoms with E-state index in [0.29, 0.717) is 22.4 Å². The van der Waals surface area contributed by atoms with Crippen LogP contribution < -0.4 is 4.74 Å². The van der Waals surface area contributed by atoms with Crippen LogP contribution in [0.1, 0.15) is 37.0 Å². The van der Waals surface area contributed by atoms with Gasteiger partial charge < -0.3 is 9.84 Å². The summed E-state index contributed by atoms with van der Waals surface area (Å²) in [7, 11) is -3.94. The van der Waals surface area contributed by atoms with Crippen LogP contribution in [0.25, 0.3) is 10.1 Å². The predicted molar refractivity (Wildman–Crippen MR) is 140 cm³/mol. The van der Waals surface area contributed by atoms with Crippen LogP contribution in [0.3, 0.4) is 0 Å². The van der Waals surface area contributed by atoms with Gasteiger partial charge in [-0.1, -0.05) is 13.8 Å². The van der Waals surface area contributed by atoms with Gasteiger partial charge in [0.2, 0.25) is 0 Å². The topological polar surface area (TPSA) is 83.9 Å². The Hall–Kier alpha value is -2.28. The summed E-state index contributed by atoms with van der Waals surface area (Å²) in [4.78, 5) is 11.6. The van der Waals surface area contributed by atoms with E-state index in [1.807, 2.05) is 19.9 Å². The lowest BCUT2D eigenvalue weighted by molar-refractivity contribution is -0.139. The fourth-order valence-electron chi connectivity index (χ4n) is 3.85. The van der Waals surface area contributed by atoms with Crippen molar-refractivity contribution in [2.45, 2.75) is 54.6 Å². The van der Waals surface area contributed by atoms with Crippen molar-refractivity contribution in [2.24, 2.45) is 0 Å². The predicted octanol–water partition coefficient (Wildman–Crippen LogP) is 6.58. The first-order valence-corrected chi connectivity index (χ1v) is 14.6. The first kappa shape index (κ1) is 29.3. The number of thioether (sulfide) groups is 1. The number of hydrogen-bond acceptors (Lipinski definition) is 6. The van der Waals surface area contributed by atoms with Gasteiger partial charge in [-0.3, -0.25) is 0 Å². The first-order chi connectivity index (χ1) is 17.2. The van der Waals surface area contributed by atoms with Gasteiger partial charge in [-0.2, -0.15) is 17.5 Å². The molecule has 3 aromatic rings. The van der Waals surface area contributed by atoms with Crippen molar-refractivity contribution in [3.63, 3.8) is 0 Å². The van der Waals surface area contributed by atoms with Crippen LogP contribution >= 0.6 is 23.1 Å². The standard InChI is InChI=1S/C25H28F3NO5S3/c1-5-10-29(13-16(3)35-19-7-8-21(15(2)11-19)34-14-23(30)31)37(32,33)24-17(4)20-12-18(25(26,27)28)6-9-22(20)36-24/h6-9,11-12,16H,5,10,13-14H2,1-4H3,(H,30,31). The molecule has 0 fully saturated rings. The number of carbonyl (C=O) groups is 1. The molecule has 0 aliphatic carbocycles. The van der Waals surface area contributed by atoms with Gasteiger partial charge in [0.1, 0.15) is 9.96 Å². The Labute approximate surface area is 222 Å². The zero-order valence-electron chi connectivity index (χ0n) is 20.8. The van der Waals surface area contributed by atoms with Gasteiger partial charge in [0.05, 0.1) is 5.56 Å². The minimum absolute atomic E-state index is 0.0586. The zero-order chi connectivity index (χ0) is 27.5. The lowest BCUT2D eigenvalue weighted by Crippen LogP contribution is -2.36. The molecule has 12 heteroatoms. The highest BCUT2D eigenvalue weighted by Crippen LogP contribution is 2.40. The Kier molecular flexibility index (Phi) is 9.20. The van der Waals surface area contributed by atoms with Crippen molar-refractivity contribution in [1.82, 2.24) is 4.31 Å². The number of rotatable bonds is 11. The molecule has 0 saturated heterocycles. The lowest BCUT2D eigenvalue weighted by atomic mass is 10.1. The second-order valence-corrected chi connectivity index (χ2v) is 13.3. The number of carboxylic acid groups (broad SMARTS) is 1. The molecule has 1 N–H and O–H groups in total. The van der Waals surface area contributed by atoms with Crippen molar-refractivity contribution in [3.05, 3.63) is 53.1 Å². The maximum atomic E-state index is 13.6. The van der Waals surface area contributed by atoms with E-state index in [9.17, 15) is 26.4 Å². The Bertz CT molecular complexity index is 1390. The van der Waals surface area contributed by atoms with Crippen molar-refractivity contribution >= 4 is 49.2 Å². The molecule has 0 radical (unpaired) electrons. The van der Waals surface area contributed by atoms with Crippen LogP contribution in [0.15, 0.2) is 45.5 Å². The summed E-state index contributed by atoms with van der Waals surface area (Å²) in [5, 5.41) is 8.94. The molecule has 1 heterocycles. The molecule has 0 saturated carbocycles. The molecule has 0 amide bonds. The number of benzene rings is 2. The van der Waals surface area contributed by atoms with E-state index in [0.717, 1.165) is 33.9 Å². The number of fused-ring (bicyclic) bond motifs is 1. The second-order valence-electron chi connectivity index (χ2n) is 8.62. The number of alkyl halides is 3. The van der Waals surface area contributed by atoms with Crippen LogP contribution in [0.5, 0.6) is 5.75 Å². The van der Waals surface area contributed by atoms with Crippen molar-refractivity contribution < 1.29 is 36.2 Å². The van der Waals surface area contributed by atoms with Gasteiger partial charge >= 0.3 is 12.1 Å². The summed E-state index contributed by atoms with van der Waals surface area (Å²) in [5.74, 6) is -0.609. The normalized spacial score (nSPS) is 13.3. The number of sulfonamides is 1. The van der Waals surface area contributed by atoms with Crippen LogP contribution in [-0.4, -0.2) is 48.7 Å². The number of aliphatic carboxylic acids is 1. The maximum absolute atomic E-state index is 13.6. The molecule has 2 aromatic carbocycles. The highest BCUT2D eigenvalue weighted by atomic mass is 32.2. The minimum Gasteiger partial charge on any atom is -0.482 e. The second kappa shape index (κ2) is 11.6. The largest absolute Gasteiger partial charge is 0.482 e. The summed E-state index contributed by atoms with van der Waals surface area (Å²) in [5.41, 5.74) is 0.269. The Morgan fingerprint density at radius 2 is 1.89 bits per heavy atom. The summed E-state index contributed by atoms with van der Waals surface area (Å²) in [6, 6.07) is 8.63. The quantitative estimate of drug-likeness (QED) is 0.260. The molecule has 1 unspecified atom stereocenters. The summed E-state index contributed by atoms with van der Waals surface area (Å²) >= 11 is 2.46. The third-order valence-electron chi connectivity index (χ3n) is 5.56. The van der Waals surface area contributed by atoms with Crippen molar-refractivity contribution in [2.75, 3.05) is 19.7 Å². The number of nitrogens with zero attached hydrogens (tertiary/aromatic N) is 1. The highest BCUT2D eigenvalue weighted by molar-refractivity contribution is 8.00. The van der Waals surface area contributed by atoms with E-state index in [-0.39, 0.29) is 27.9 Å². The Balaban J connectivity index is 1.82. The van der Waals surface area contributed by atoms with Crippen molar-refractivity contribution in [3.8, 4) is 5.75 Å². The SMILES string of the molecule is CCCN(CC(C)Sc1ccc(OCC(=O)O)c(C)c1)S(=O)(=O)c1sc2ccc(C(F)(F)F)cc2c1C. The summed E-state index contributed by atoms with van der Waals surface area (Å²) in [6.45, 7) is 7.16. The third kappa shape index (κ3) is 6.98. The fraction of sp³-hybridized carbons (Fsp3) is 0.400. The van der Waals surface area contributed by atoms with Crippen LogP contribution in [-0.2, 0) is 21.0 Å².